The molecule has 1 unspecified atom stereocenters. The number of halogens is 2. The standard InChI is InChI=1S/C16H25ClN2O.ClH/c1-4-16(5-2,13-6-8-14(17)9-7-13)15(20)19-11-10-12(3)18;/h6-9,12H,4-5,10-11,18H2,1-3H3,(H,19,20);1H. The molecule has 120 valence electrons. The lowest BCUT2D eigenvalue weighted by Crippen LogP contribution is -2.44. The first kappa shape index (κ1) is 20.2. The van der Waals surface area contributed by atoms with Crippen molar-refractivity contribution in [2.45, 2.75) is 51.5 Å². The van der Waals surface area contributed by atoms with Crippen molar-refractivity contribution in [2.24, 2.45) is 5.73 Å². The molecule has 0 aliphatic heterocycles. The van der Waals surface area contributed by atoms with E-state index in [9.17, 15) is 4.79 Å². The van der Waals surface area contributed by atoms with Crippen LogP contribution >= 0.6 is 24.0 Å². The summed E-state index contributed by atoms with van der Waals surface area (Å²) in [6, 6.07) is 7.67. The van der Waals surface area contributed by atoms with Crippen molar-refractivity contribution in [1.29, 1.82) is 0 Å². The number of nitrogens with one attached hydrogen (secondary N) is 1. The van der Waals surface area contributed by atoms with Gasteiger partial charge in [0.05, 0.1) is 5.41 Å². The molecule has 1 atom stereocenters. The van der Waals surface area contributed by atoms with Gasteiger partial charge in [-0.05, 0) is 43.9 Å². The molecule has 0 bridgehead atoms. The summed E-state index contributed by atoms with van der Waals surface area (Å²) in [7, 11) is 0. The monoisotopic (exact) mass is 332 g/mol. The zero-order valence-electron chi connectivity index (χ0n) is 13.0. The van der Waals surface area contributed by atoms with Crippen LogP contribution in [0.1, 0.15) is 45.6 Å². The van der Waals surface area contributed by atoms with Crippen LogP contribution in [0.3, 0.4) is 0 Å². The van der Waals surface area contributed by atoms with Gasteiger partial charge < -0.3 is 11.1 Å². The average Bonchev–Trinajstić information content (AvgIpc) is 2.42. The maximum atomic E-state index is 12.6. The fraction of sp³-hybridized carbons (Fsp3) is 0.562. The largest absolute Gasteiger partial charge is 0.355 e. The van der Waals surface area contributed by atoms with Crippen molar-refractivity contribution < 1.29 is 4.79 Å². The highest BCUT2D eigenvalue weighted by atomic mass is 35.5. The second-order valence-electron chi connectivity index (χ2n) is 5.32. The number of carbonyl (C=O) groups excluding carboxylic acids is 1. The zero-order valence-corrected chi connectivity index (χ0v) is 14.6. The number of hydrogen-bond acceptors (Lipinski definition) is 2. The number of nitrogens with two attached hydrogens (primary N) is 1. The lowest BCUT2D eigenvalue weighted by atomic mass is 9.75. The van der Waals surface area contributed by atoms with Crippen LogP contribution in [0.5, 0.6) is 0 Å². The summed E-state index contributed by atoms with van der Waals surface area (Å²) >= 11 is 5.93. The molecule has 5 heteroatoms. The van der Waals surface area contributed by atoms with Crippen molar-refractivity contribution in [3.8, 4) is 0 Å². The summed E-state index contributed by atoms with van der Waals surface area (Å²) in [6.07, 6.45) is 2.31. The quantitative estimate of drug-likeness (QED) is 0.800. The van der Waals surface area contributed by atoms with Crippen LogP contribution in [0.2, 0.25) is 5.02 Å². The molecular weight excluding hydrogens is 307 g/mol. The van der Waals surface area contributed by atoms with Gasteiger partial charge in [0, 0.05) is 17.6 Å². The number of amides is 1. The van der Waals surface area contributed by atoms with Gasteiger partial charge in [-0.25, -0.2) is 0 Å². The molecule has 0 saturated carbocycles. The molecule has 3 nitrogen and oxygen atoms in total. The third kappa shape index (κ3) is 5.17. The van der Waals surface area contributed by atoms with Crippen molar-refractivity contribution in [2.75, 3.05) is 6.54 Å². The molecule has 0 heterocycles. The summed E-state index contributed by atoms with van der Waals surface area (Å²) in [5.74, 6) is 0.0745. The van der Waals surface area contributed by atoms with Crippen LogP contribution in [0, 0.1) is 0 Å². The molecule has 0 aliphatic rings. The van der Waals surface area contributed by atoms with Crippen LogP contribution in [-0.2, 0) is 10.2 Å². The Morgan fingerprint density at radius 3 is 2.24 bits per heavy atom. The third-order valence-electron chi connectivity index (χ3n) is 3.92. The minimum atomic E-state index is -0.484. The Labute approximate surface area is 139 Å². The molecule has 3 N–H and O–H groups in total. The van der Waals surface area contributed by atoms with E-state index in [4.69, 9.17) is 17.3 Å². The van der Waals surface area contributed by atoms with Gasteiger partial charge in [0.15, 0.2) is 0 Å². The Morgan fingerprint density at radius 1 is 1.29 bits per heavy atom. The number of benzene rings is 1. The lowest BCUT2D eigenvalue weighted by molar-refractivity contribution is -0.127. The minimum absolute atomic E-state index is 0. The Bertz CT molecular complexity index is 428. The first-order valence-corrected chi connectivity index (χ1v) is 7.64. The minimum Gasteiger partial charge on any atom is -0.355 e. The summed E-state index contributed by atoms with van der Waals surface area (Å²) < 4.78 is 0. The Kier molecular flexibility index (Phi) is 8.95. The normalized spacial score (nSPS) is 12.4. The highest BCUT2D eigenvalue weighted by Crippen LogP contribution is 2.32. The summed E-state index contributed by atoms with van der Waals surface area (Å²) in [5, 5.41) is 3.71. The topological polar surface area (TPSA) is 55.1 Å². The molecule has 0 radical (unpaired) electrons. The molecule has 1 amide bonds. The summed E-state index contributed by atoms with van der Waals surface area (Å²) in [5.41, 5.74) is 6.25. The van der Waals surface area contributed by atoms with Gasteiger partial charge in [-0.2, -0.15) is 0 Å². The summed E-state index contributed by atoms with van der Waals surface area (Å²) in [4.78, 5) is 12.6. The molecule has 0 aromatic heterocycles. The predicted molar refractivity (Wildman–Crippen MR) is 92.2 cm³/mol. The predicted octanol–water partition coefficient (Wildman–Crippen LogP) is 3.67. The third-order valence-corrected chi connectivity index (χ3v) is 4.18. The van der Waals surface area contributed by atoms with Crippen LogP contribution in [-0.4, -0.2) is 18.5 Å². The Hall–Kier alpha value is -0.770. The van der Waals surface area contributed by atoms with Crippen molar-refractivity contribution in [3.63, 3.8) is 0 Å². The van der Waals surface area contributed by atoms with Crippen molar-refractivity contribution >= 4 is 29.9 Å². The van der Waals surface area contributed by atoms with E-state index in [1.165, 1.54) is 0 Å². The van der Waals surface area contributed by atoms with Gasteiger partial charge in [-0.3, -0.25) is 4.79 Å². The molecule has 0 fully saturated rings. The maximum absolute atomic E-state index is 12.6. The van der Waals surface area contributed by atoms with E-state index in [2.05, 4.69) is 5.32 Å². The van der Waals surface area contributed by atoms with E-state index in [0.29, 0.717) is 11.6 Å². The Morgan fingerprint density at radius 2 is 1.81 bits per heavy atom. The second kappa shape index (κ2) is 9.29. The van der Waals surface area contributed by atoms with Gasteiger partial charge in [-0.15, -0.1) is 12.4 Å². The molecule has 21 heavy (non-hydrogen) atoms. The molecule has 0 saturated heterocycles. The van der Waals surface area contributed by atoms with Crippen molar-refractivity contribution in [3.05, 3.63) is 34.9 Å². The molecule has 1 aromatic carbocycles. The van der Waals surface area contributed by atoms with E-state index in [0.717, 1.165) is 24.8 Å². The van der Waals surface area contributed by atoms with Crippen LogP contribution in [0.4, 0.5) is 0 Å². The van der Waals surface area contributed by atoms with Crippen LogP contribution < -0.4 is 11.1 Å². The zero-order chi connectivity index (χ0) is 15.2. The maximum Gasteiger partial charge on any atom is 0.230 e. The SMILES string of the molecule is CCC(CC)(C(=O)NCCC(C)N)c1ccc(Cl)cc1.Cl. The first-order chi connectivity index (χ1) is 9.46. The molecule has 1 aromatic rings. The van der Waals surface area contributed by atoms with E-state index < -0.39 is 5.41 Å². The van der Waals surface area contributed by atoms with Gasteiger partial charge in [0.2, 0.25) is 5.91 Å². The van der Waals surface area contributed by atoms with E-state index in [-0.39, 0.29) is 24.4 Å². The van der Waals surface area contributed by atoms with Crippen LogP contribution in [0.15, 0.2) is 24.3 Å². The summed E-state index contributed by atoms with van der Waals surface area (Å²) in [6.45, 7) is 6.65. The van der Waals surface area contributed by atoms with Crippen LogP contribution in [0.25, 0.3) is 0 Å². The van der Waals surface area contributed by atoms with E-state index >= 15 is 0 Å². The number of hydrogen-bond donors (Lipinski definition) is 2. The average molecular weight is 333 g/mol. The Balaban J connectivity index is 0.00000400. The smallest absolute Gasteiger partial charge is 0.230 e. The highest BCUT2D eigenvalue weighted by Gasteiger charge is 2.36. The van der Waals surface area contributed by atoms with Gasteiger partial charge in [-0.1, -0.05) is 37.6 Å². The van der Waals surface area contributed by atoms with Crippen molar-refractivity contribution in [1.82, 2.24) is 5.32 Å². The highest BCUT2D eigenvalue weighted by molar-refractivity contribution is 6.30. The van der Waals surface area contributed by atoms with E-state index in [1.807, 2.05) is 45.0 Å². The molecule has 1 rings (SSSR count). The fourth-order valence-electron chi connectivity index (χ4n) is 2.46. The van der Waals surface area contributed by atoms with Gasteiger partial charge in [0.1, 0.15) is 0 Å². The number of rotatable bonds is 7. The number of carbonyl (C=O) groups is 1. The molecule has 0 spiro atoms. The fourth-order valence-corrected chi connectivity index (χ4v) is 2.59. The molecular formula is C16H26Cl2N2O. The van der Waals surface area contributed by atoms with Gasteiger partial charge >= 0.3 is 0 Å². The van der Waals surface area contributed by atoms with Gasteiger partial charge in [0.25, 0.3) is 0 Å². The second-order valence-corrected chi connectivity index (χ2v) is 5.75. The molecule has 0 aliphatic carbocycles. The first-order valence-electron chi connectivity index (χ1n) is 7.26. The van der Waals surface area contributed by atoms with E-state index in [1.54, 1.807) is 0 Å². The lowest BCUT2D eigenvalue weighted by Gasteiger charge is -2.31.